The molecular weight excluding hydrogens is 222 g/mol. The van der Waals surface area contributed by atoms with Gasteiger partial charge in [0.2, 0.25) is 0 Å². The monoisotopic (exact) mass is 249 g/mol. The maximum Gasteiger partial charge on any atom is 0.0701 e. The van der Waals surface area contributed by atoms with Crippen molar-refractivity contribution in [3.05, 3.63) is 0 Å². The normalized spacial score (nSPS) is 16.8. The van der Waals surface area contributed by atoms with E-state index in [0.29, 0.717) is 39.6 Å². The van der Waals surface area contributed by atoms with Gasteiger partial charge in [-0.2, -0.15) is 0 Å². The molecule has 104 valence electrons. The molecule has 3 N–H and O–H groups in total. The van der Waals surface area contributed by atoms with Gasteiger partial charge in [0.25, 0.3) is 0 Å². The molecule has 0 amide bonds. The standard InChI is InChI=1S/C12H27NO4/c1-11(14)12(2,10-13)4-5-16-8-9-17-7-6-15-3/h11,14H,4-10,13H2,1-3H3. The Bertz CT molecular complexity index is 178. The molecule has 0 fully saturated rings. The van der Waals surface area contributed by atoms with E-state index in [1.807, 2.05) is 6.92 Å². The van der Waals surface area contributed by atoms with Crippen molar-refractivity contribution in [3.8, 4) is 0 Å². The molecule has 5 nitrogen and oxygen atoms in total. The van der Waals surface area contributed by atoms with E-state index in [4.69, 9.17) is 19.9 Å². The molecule has 0 saturated heterocycles. The minimum atomic E-state index is -0.422. The number of methoxy groups -OCH3 is 1. The highest BCUT2D eigenvalue weighted by Crippen LogP contribution is 2.24. The third-order valence-corrected chi connectivity index (χ3v) is 3.10. The first kappa shape index (κ1) is 16.8. The van der Waals surface area contributed by atoms with Crippen molar-refractivity contribution >= 4 is 0 Å². The molecule has 0 spiro atoms. The predicted molar refractivity (Wildman–Crippen MR) is 67.0 cm³/mol. The Kier molecular flexibility index (Phi) is 9.68. The number of aliphatic hydroxyl groups is 1. The summed E-state index contributed by atoms with van der Waals surface area (Å²) in [5.74, 6) is 0. The van der Waals surface area contributed by atoms with Crippen molar-refractivity contribution in [2.75, 3.05) is 46.7 Å². The van der Waals surface area contributed by atoms with Crippen molar-refractivity contribution in [1.29, 1.82) is 0 Å². The molecule has 2 unspecified atom stereocenters. The minimum absolute atomic E-state index is 0.267. The lowest BCUT2D eigenvalue weighted by molar-refractivity contribution is -0.00183. The predicted octanol–water partition coefficient (Wildman–Crippen LogP) is 0.402. The molecule has 0 aromatic heterocycles. The molecule has 5 heteroatoms. The number of ether oxygens (including phenoxy) is 3. The smallest absolute Gasteiger partial charge is 0.0701 e. The number of hydrogen-bond donors (Lipinski definition) is 2. The van der Waals surface area contributed by atoms with Crippen molar-refractivity contribution in [2.24, 2.45) is 11.1 Å². The molecule has 0 aromatic rings. The Balaban J connectivity index is 3.44. The fourth-order valence-corrected chi connectivity index (χ4v) is 1.25. The van der Waals surface area contributed by atoms with E-state index in [1.165, 1.54) is 0 Å². The van der Waals surface area contributed by atoms with Crippen molar-refractivity contribution in [3.63, 3.8) is 0 Å². The van der Waals surface area contributed by atoms with Crippen LogP contribution in [0.2, 0.25) is 0 Å². The summed E-state index contributed by atoms with van der Waals surface area (Å²) in [6, 6.07) is 0. The van der Waals surface area contributed by atoms with Gasteiger partial charge >= 0.3 is 0 Å². The summed E-state index contributed by atoms with van der Waals surface area (Å²) in [5.41, 5.74) is 5.38. The van der Waals surface area contributed by atoms with Gasteiger partial charge in [0, 0.05) is 25.7 Å². The van der Waals surface area contributed by atoms with Gasteiger partial charge in [-0.05, 0) is 13.3 Å². The van der Waals surface area contributed by atoms with Crippen LogP contribution in [0.1, 0.15) is 20.3 Å². The van der Waals surface area contributed by atoms with Crippen LogP contribution >= 0.6 is 0 Å². The molecular formula is C12H27NO4. The third-order valence-electron chi connectivity index (χ3n) is 3.10. The summed E-state index contributed by atoms with van der Waals surface area (Å²) < 4.78 is 15.5. The van der Waals surface area contributed by atoms with E-state index in [2.05, 4.69) is 0 Å². The van der Waals surface area contributed by atoms with Crippen LogP contribution in [0.25, 0.3) is 0 Å². The average Bonchev–Trinajstić information content (AvgIpc) is 2.32. The van der Waals surface area contributed by atoms with Gasteiger partial charge < -0.3 is 25.1 Å². The second-order valence-corrected chi connectivity index (χ2v) is 4.50. The first-order valence-electron chi connectivity index (χ1n) is 6.09. The summed E-state index contributed by atoms with van der Waals surface area (Å²) in [4.78, 5) is 0. The lowest BCUT2D eigenvalue weighted by Gasteiger charge is -2.30. The summed E-state index contributed by atoms with van der Waals surface area (Å²) in [6.45, 7) is 7.10. The van der Waals surface area contributed by atoms with Crippen LogP contribution < -0.4 is 5.73 Å². The van der Waals surface area contributed by atoms with Crippen LogP contribution in [0.3, 0.4) is 0 Å². The van der Waals surface area contributed by atoms with Crippen molar-refractivity contribution in [2.45, 2.75) is 26.4 Å². The highest BCUT2D eigenvalue weighted by molar-refractivity contribution is 4.80. The van der Waals surface area contributed by atoms with Gasteiger partial charge in [-0.3, -0.25) is 0 Å². The Labute approximate surface area is 104 Å². The Hall–Kier alpha value is -0.200. The van der Waals surface area contributed by atoms with Crippen molar-refractivity contribution in [1.82, 2.24) is 0 Å². The van der Waals surface area contributed by atoms with Gasteiger partial charge in [-0.15, -0.1) is 0 Å². The zero-order valence-electron chi connectivity index (χ0n) is 11.3. The fraction of sp³-hybridized carbons (Fsp3) is 1.00. The SMILES string of the molecule is COCCOCCOCCC(C)(CN)C(C)O. The van der Waals surface area contributed by atoms with Gasteiger partial charge in [-0.1, -0.05) is 6.92 Å². The zero-order chi connectivity index (χ0) is 13.1. The summed E-state index contributed by atoms with van der Waals surface area (Å²) in [7, 11) is 1.64. The fourth-order valence-electron chi connectivity index (χ4n) is 1.25. The minimum Gasteiger partial charge on any atom is -0.393 e. The third kappa shape index (κ3) is 7.68. The van der Waals surface area contributed by atoms with Gasteiger partial charge in [0.15, 0.2) is 0 Å². The van der Waals surface area contributed by atoms with E-state index < -0.39 is 6.10 Å². The summed E-state index contributed by atoms with van der Waals surface area (Å²) >= 11 is 0. The molecule has 0 radical (unpaired) electrons. The highest BCUT2D eigenvalue weighted by atomic mass is 16.5. The zero-order valence-corrected chi connectivity index (χ0v) is 11.3. The van der Waals surface area contributed by atoms with Crippen LogP contribution in [0.5, 0.6) is 0 Å². The van der Waals surface area contributed by atoms with E-state index in [0.717, 1.165) is 6.42 Å². The van der Waals surface area contributed by atoms with Crippen LogP contribution in [0.4, 0.5) is 0 Å². The first-order chi connectivity index (χ1) is 8.06. The number of hydrogen-bond acceptors (Lipinski definition) is 5. The largest absolute Gasteiger partial charge is 0.393 e. The first-order valence-corrected chi connectivity index (χ1v) is 6.09. The Morgan fingerprint density at radius 2 is 1.65 bits per heavy atom. The number of rotatable bonds is 11. The maximum absolute atomic E-state index is 9.60. The highest BCUT2D eigenvalue weighted by Gasteiger charge is 2.27. The van der Waals surface area contributed by atoms with Crippen molar-refractivity contribution < 1.29 is 19.3 Å². The molecule has 0 aliphatic heterocycles. The number of aliphatic hydroxyl groups excluding tert-OH is 1. The second kappa shape index (κ2) is 9.79. The van der Waals surface area contributed by atoms with Crippen LogP contribution in [-0.2, 0) is 14.2 Å². The van der Waals surface area contributed by atoms with Gasteiger partial charge in [-0.25, -0.2) is 0 Å². The van der Waals surface area contributed by atoms with Crippen LogP contribution in [-0.4, -0.2) is 57.9 Å². The number of nitrogens with two attached hydrogens (primary N) is 1. The van der Waals surface area contributed by atoms with Crippen LogP contribution in [0.15, 0.2) is 0 Å². The molecule has 2 atom stereocenters. The average molecular weight is 249 g/mol. The molecule has 0 heterocycles. The molecule has 0 bridgehead atoms. The van der Waals surface area contributed by atoms with Gasteiger partial charge in [0.1, 0.15) is 0 Å². The Morgan fingerprint density at radius 3 is 2.12 bits per heavy atom. The lowest BCUT2D eigenvalue weighted by atomic mass is 9.82. The van der Waals surface area contributed by atoms with E-state index in [-0.39, 0.29) is 5.41 Å². The quantitative estimate of drug-likeness (QED) is 0.519. The lowest BCUT2D eigenvalue weighted by Crippen LogP contribution is -2.38. The molecule has 0 aliphatic rings. The summed E-state index contributed by atoms with van der Waals surface area (Å²) in [6.07, 6.45) is 0.327. The van der Waals surface area contributed by atoms with E-state index in [1.54, 1.807) is 14.0 Å². The van der Waals surface area contributed by atoms with Crippen LogP contribution in [0, 0.1) is 5.41 Å². The Morgan fingerprint density at radius 1 is 1.12 bits per heavy atom. The molecule has 0 aromatic carbocycles. The van der Waals surface area contributed by atoms with E-state index >= 15 is 0 Å². The topological polar surface area (TPSA) is 73.9 Å². The maximum atomic E-state index is 9.60. The molecule has 0 saturated carbocycles. The summed E-state index contributed by atoms with van der Waals surface area (Å²) in [5, 5.41) is 9.60. The van der Waals surface area contributed by atoms with E-state index in [9.17, 15) is 5.11 Å². The molecule has 0 rings (SSSR count). The second-order valence-electron chi connectivity index (χ2n) is 4.50. The van der Waals surface area contributed by atoms with Gasteiger partial charge in [0.05, 0.1) is 32.5 Å². The molecule has 0 aliphatic carbocycles. The molecule has 17 heavy (non-hydrogen) atoms.